The first kappa shape index (κ1) is 15.1. The molecular formula is C18H16FN3O. The molecule has 0 fully saturated rings. The molecule has 1 N–H and O–H groups in total. The molecule has 1 heterocycles. The van der Waals surface area contributed by atoms with Gasteiger partial charge in [0.25, 0.3) is 0 Å². The molecule has 0 spiro atoms. The molecule has 2 aromatic carbocycles. The number of hydrogen-bond acceptors (Lipinski definition) is 3. The number of hydrogen-bond donors (Lipinski definition) is 1. The van der Waals surface area contributed by atoms with Gasteiger partial charge < -0.3 is 5.32 Å². The van der Waals surface area contributed by atoms with Crippen LogP contribution >= 0.6 is 0 Å². The first-order valence-corrected chi connectivity index (χ1v) is 7.31. The maximum atomic E-state index is 13.6. The van der Waals surface area contributed by atoms with Crippen LogP contribution in [0.15, 0.2) is 42.5 Å². The number of nitrogens with one attached hydrogen (secondary N) is 1. The van der Waals surface area contributed by atoms with E-state index in [0.29, 0.717) is 11.3 Å². The topological polar surface area (TPSA) is 54.9 Å². The Hall–Kier alpha value is -2.82. The third kappa shape index (κ3) is 3.34. The Morgan fingerprint density at radius 3 is 2.48 bits per heavy atom. The largest absolute Gasteiger partial charge is 0.326 e. The quantitative estimate of drug-likeness (QED) is 0.804. The second kappa shape index (κ2) is 6.12. The predicted octanol–water partition coefficient (Wildman–Crippen LogP) is 3.57. The number of benzene rings is 2. The Bertz CT molecular complexity index is 893. The average molecular weight is 309 g/mol. The monoisotopic (exact) mass is 309 g/mol. The number of carbonyl (C=O) groups is 1. The minimum Gasteiger partial charge on any atom is -0.326 e. The molecule has 3 rings (SSSR count). The van der Waals surface area contributed by atoms with Crippen molar-refractivity contribution >= 4 is 22.6 Å². The average Bonchev–Trinajstić information content (AvgIpc) is 2.51. The molecule has 0 aliphatic heterocycles. The lowest BCUT2D eigenvalue weighted by molar-refractivity contribution is -0.115. The molecule has 0 bridgehead atoms. The summed E-state index contributed by atoms with van der Waals surface area (Å²) in [4.78, 5) is 21.0. The van der Waals surface area contributed by atoms with Gasteiger partial charge in [-0.15, -0.1) is 0 Å². The molecule has 0 aliphatic rings. The van der Waals surface area contributed by atoms with Crippen LogP contribution in [0.4, 0.5) is 10.1 Å². The van der Waals surface area contributed by atoms with Crippen LogP contribution in [0.5, 0.6) is 0 Å². The van der Waals surface area contributed by atoms with Gasteiger partial charge in [-0.05, 0) is 43.7 Å². The van der Waals surface area contributed by atoms with Gasteiger partial charge in [0.2, 0.25) is 5.91 Å². The predicted molar refractivity (Wildman–Crippen MR) is 87.7 cm³/mol. The molecule has 0 saturated heterocycles. The van der Waals surface area contributed by atoms with Gasteiger partial charge in [0.15, 0.2) is 0 Å². The van der Waals surface area contributed by atoms with Crippen molar-refractivity contribution in [1.82, 2.24) is 9.97 Å². The Morgan fingerprint density at radius 2 is 1.74 bits per heavy atom. The molecule has 23 heavy (non-hydrogen) atoms. The van der Waals surface area contributed by atoms with E-state index in [1.165, 1.54) is 6.07 Å². The van der Waals surface area contributed by atoms with E-state index >= 15 is 0 Å². The van der Waals surface area contributed by atoms with E-state index in [4.69, 9.17) is 0 Å². The third-order valence-electron chi connectivity index (χ3n) is 3.67. The number of rotatable bonds is 3. The SMILES string of the molecule is Cc1nc2ccc(NC(=O)Cc3ccccc3F)cc2nc1C. The fourth-order valence-corrected chi connectivity index (χ4v) is 2.33. The van der Waals surface area contributed by atoms with Crippen molar-refractivity contribution in [2.24, 2.45) is 0 Å². The lowest BCUT2D eigenvalue weighted by Crippen LogP contribution is -2.15. The molecule has 0 radical (unpaired) electrons. The Labute approximate surface area is 133 Å². The molecule has 1 amide bonds. The van der Waals surface area contributed by atoms with Crippen LogP contribution in [0.3, 0.4) is 0 Å². The summed E-state index contributed by atoms with van der Waals surface area (Å²) in [5, 5.41) is 2.77. The molecule has 1 aromatic heterocycles. The fraction of sp³-hybridized carbons (Fsp3) is 0.167. The van der Waals surface area contributed by atoms with Crippen molar-refractivity contribution in [3.63, 3.8) is 0 Å². The normalized spacial score (nSPS) is 10.7. The maximum Gasteiger partial charge on any atom is 0.228 e. The summed E-state index contributed by atoms with van der Waals surface area (Å²) in [6, 6.07) is 11.6. The van der Waals surface area contributed by atoms with Gasteiger partial charge in [-0.25, -0.2) is 14.4 Å². The highest BCUT2D eigenvalue weighted by Gasteiger charge is 2.09. The summed E-state index contributed by atoms with van der Waals surface area (Å²) in [6.07, 6.45) is -0.0106. The summed E-state index contributed by atoms with van der Waals surface area (Å²) >= 11 is 0. The number of nitrogens with zero attached hydrogens (tertiary/aromatic N) is 2. The van der Waals surface area contributed by atoms with Crippen molar-refractivity contribution in [3.05, 3.63) is 65.2 Å². The lowest BCUT2D eigenvalue weighted by Gasteiger charge is -2.08. The second-order valence-electron chi connectivity index (χ2n) is 5.41. The van der Waals surface area contributed by atoms with E-state index in [2.05, 4.69) is 15.3 Å². The van der Waals surface area contributed by atoms with Crippen molar-refractivity contribution < 1.29 is 9.18 Å². The van der Waals surface area contributed by atoms with E-state index in [-0.39, 0.29) is 18.1 Å². The number of fused-ring (bicyclic) bond motifs is 1. The number of aryl methyl sites for hydroxylation is 2. The molecule has 0 aliphatic carbocycles. The van der Waals surface area contributed by atoms with Gasteiger partial charge in [-0.2, -0.15) is 0 Å². The molecule has 0 atom stereocenters. The molecule has 0 saturated carbocycles. The Kier molecular flexibility index (Phi) is 4.02. The summed E-state index contributed by atoms with van der Waals surface area (Å²) < 4.78 is 13.6. The fourth-order valence-electron chi connectivity index (χ4n) is 2.33. The van der Waals surface area contributed by atoms with E-state index < -0.39 is 0 Å². The van der Waals surface area contributed by atoms with Gasteiger partial charge >= 0.3 is 0 Å². The minimum absolute atomic E-state index is 0.0106. The lowest BCUT2D eigenvalue weighted by atomic mass is 10.1. The Balaban J connectivity index is 1.80. The van der Waals surface area contributed by atoms with Crippen LogP contribution in [0.2, 0.25) is 0 Å². The molecule has 116 valence electrons. The van der Waals surface area contributed by atoms with Crippen LogP contribution in [0.25, 0.3) is 11.0 Å². The first-order chi connectivity index (χ1) is 11.0. The smallest absolute Gasteiger partial charge is 0.228 e. The number of anilines is 1. The molecule has 5 heteroatoms. The van der Waals surface area contributed by atoms with Crippen LogP contribution < -0.4 is 5.32 Å². The highest BCUT2D eigenvalue weighted by atomic mass is 19.1. The first-order valence-electron chi connectivity index (χ1n) is 7.31. The van der Waals surface area contributed by atoms with E-state index in [1.54, 1.807) is 30.3 Å². The van der Waals surface area contributed by atoms with Gasteiger partial charge in [-0.3, -0.25) is 4.79 Å². The molecular weight excluding hydrogens is 293 g/mol. The van der Waals surface area contributed by atoms with Crippen LogP contribution in [-0.2, 0) is 11.2 Å². The maximum absolute atomic E-state index is 13.6. The van der Waals surface area contributed by atoms with Crippen LogP contribution in [0.1, 0.15) is 17.0 Å². The molecule has 3 aromatic rings. The molecule has 4 nitrogen and oxygen atoms in total. The van der Waals surface area contributed by atoms with E-state index in [1.807, 2.05) is 19.9 Å². The van der Waals surface area contributed by atoms with Gasteiger partial charge in [0.1, 0.15) is 5.82 Å². The zero-order chi connectivity index (χ0) is 16.4. The minimum atomic E-state index is -0.377. The van der Waals surface area contributed by atoms with Gasteiger partial charge in [-0.1, -0.05) is 18.2 Å². The highest BCUT2D eigenvalue weighted by molar-refractivity contribution is 5.94. The van der Waals surface area contributed by atoms with Crippen molar-refractivity contribution in [1.29, 1.82) is 0 Å². The second-order valence-corrected chi connectivity index (χ2v) is 5.41. The van der Waals surface area contributed by atoms with Crippen molar-refractivity contribution in [2.45, 2.75) is 20.3 Å². The summed E-state index contributed by atoms with van der Waals surface area (Å²) in [5.74, 6) is -0.649. The van der Waals surface area contributed by atoms with Crippen molar-refractivity contribution in [3.8, 4) is 0 Å². The standard InChI is InChI=1S/C18H16FN3O/c1-11-12(2)21-17-10-14(7-8-16(17)20-11)22-18(23)9-13-5-3-4-6-15(13)19/h3-8,10H,9H2,1-2H3,(H,22,23). The van der Waals surface area contributed by atoms with Crippen LogP contribution in [0, 0.1) is 19.7 Å². The highest BCUT2D eigenvalue weighted by Crippen LogP contribution is 2.18. The molecule has 0 unspecified atom stereocenters. The zero-order valence-electron chi connectivity index (χ0n) is 12.9. The third-order valence-corrected chi connectivity index (χ3v) is 3.67. The Morgan fingerprint density at radius 1 is 1.04 bits per heavy atom. The summed E-state index contributed by atoms with van der Waals surface area (Å²) in [7, 11) is 0. The van der Waals surface area contributed by atoms with Crippen LogP contribution in [-0.4, -0.2) is 15.9 Å². The number of amides is 1. The number of halogens is 1. The summed E-state index contributed by atoms with van der Waals surface area (Å²) in [6.45, 7) is 3.80. The van der Waals surface area contributed by atoms with Crippen molar-refractivity contribution in [2.75, 3.05) is 5.32 Å². The number of aromatic nitrogens is 2. The summed E-state index contributed by atoms with van der Waals surface area (Å²) in [5.41, 5.74) is 4.23. The zero-order valence-corrected chi connectivity index (χ0v) is 12.9. The number of carbonyl (C=O) groups excluding carboxylic acids is 1. The van der Waals surface area contributed by atoms with Gasteiger partial charge in [0.05, 0.1) is 28.8 Å². The van der Waals surface area contributed by atoms with E-state index in [0.717, 1.165) is 22.4 Å². The van der Waals surface area contributed by atoms with Gasteiger partial charge in [0, 0.05) is 5.69 Å². The van der Waals surface area contributed by atoms with E-state index in [9.17, 15) is 9.18 Å².